The van der Waals surface area contributed by atoms with Crippen LogP contribution in [-0.4, -0.2) is 18.8 Å². The minimum absolute atomic E-state index is 0.0838. The van der Waals surface area contributed by atoms with Crippen molar-refractivity contribution in [2.24, 2.45) is 5.92 Å². The average Bonchev–Trinajstić information content (AvgIpc) is 3.16. The van der Waals surface area contributed by atoms with Crippen LogP contribution >= 0.6 is 0 Å². The lowest BCUT2D eigenvalue weighted by Crippen LogP contribution is -2.35. The molecule has 1 fully saturated rings. The highest BCUT2D eigenvalue weighted by Gasteiger charge is 2.40. The standard InChI is InChI=1S/C28H30O2/c1-3-13-27-22(2)20-26(30-27)21-29-28(23-14-7-4-8-15-23,24-16-9-5-10-17-24)25-18-11-6-12-19-25/h3-12,14-19,22,26-27H,1,13,20-21H2,2H3/t22-,26+,27-/m0/s1. The molecule has 0 spiro atoms. The van der Waals surface area contributed by atoms with E-state index in [-0.39, 0.29) is 12.2 Å². The van der Waals surface area contributed by atoms with Crippen molar-refractivity contribution in [2.75, 3.05) is 6.61 Å². The lowest BCUT2D eigenvalue weighted by Gasteiger charge is -2.36. The van der Waals surface area contributed by atoms with Crippen molar-refractivity contribution in [2.45, 2.75) is 37.6 Å². The van der Waals surface area contributed by atoms with Crippen LogP contribution in [0, 0.1) is 5.92 Å². The number of rotatable bonds is 8. The highest BCUT2D eigenvalue weighted by Crippen LogP contribution is 2.41. The normalized spacial score (nSPS) is 21.4. The zero-order valence-electron chi connectivity index (χ0n) is 17.6. The van der Waals surface area contributed by atoms with Gasteiger partial charge in [-0.1, -0.05) is 104 Å². The van der Waals surface area contributed by atoms with Gasteiger partial charge in [0.2, 0.25) is 0 Å². The summed E-state index contributed by atoms with van der Waals surface area (Å²) in [6.07, 6.45) is 4.16. The van der Waals surface area contributed by atoms with Crippen LogP contribution in [0.5, 0.6) is 0 Å². The molecule has 0 radical (unpaired) electrons. The highest BCUT2D eigenvalue weighted by atomic mass is 16.6. The zero-order chi connectivity index (χ0) is 20.8. The van der Waals surface area contributed by atoms with Crippen LogP contribution < -0.4 is 0 Å². The Morgan fingerprint density at radius 3 is 1.77 bits per heavy atom. The van der Waals surface area contributed by atoms with Crippen LogP contribution in [0.15, 0.2) is 104 Å². The van der Waals surface area contributed by atoms with Crippen molar-refractivity contribution in [1.82, 2.24) is 0 Å². The van der Waals surface area contributed by atoms with Gasteiger partial charge in [0.25, 0.3) is 0 Å². The van der Waals surface area contributed by atoms with E-state index in [1.807, 2.05) is 24.3 Å². The Morgan fingerprint density at radius 2 is 1.33 bits per heavy atom. The third-order valence-corrected chi connectivity index (χ3v) is 6.06. The summed E-state index contributed by atoms with van der Waals surface area (Å²) in [7, 11) is 0. The SMILES string of the molecule is C=CC[C@@H]1O[C@@H](COC(c2ccccc2)(c2ccccc2)c2ccccc2)C[C@@H]1C. The first kappa shape index (κ1) is 20.6. The molecule has 3 aromatic rings. The third-order valence-electron chi connectivity index (χ3n) is 6.06. The molecule has 0 amide bonds. The topological polar surface area (TPSA) is 18.5 Å². The van der Waals surface area contributed by atoms with Crippen molar-refractivity contribution >= 4 is 0 Å². The second kappa shape index (κ2) is 9.42. The van der Waals surface area contributed by atoms with Crippen molar-refractivity contribution in [3.8, 4) is 0 Å². The molecule has 0 unspecified atom stereocenters. The number of ether oxygens (including phenoxy) is 2. The molecular formula is C28H30O2. The summed E-state index contributed by atoms with van der Waals surface area (Å²) in [5, 5.41) is 0. The predicted molar refractivity (Wildman–Crippen MR) is 122 cm³/mol. The van der Waals surface area contributed by atoms with Crippen LogP contribution in [0.25, 0.3) is 0 Å². The molecule has 0 saturated carbocycles. The van der Waals surface area contributed by atoms with Gasteiger partial charge in [-0.3, -0.25) is 0 Å². The summed E-state index contributed by atoms with van der Waals surface area (Å²) in [5.74, 6) is 0.510. The van der Waals surface area contributed by atoms with Gasteiger partial charge in [0.15, 0.2) is 0 Å². The molecule has 0 bridgehead atoms. The van der Waals surface area contributed by atoms with E-state index in [9.17, 15) is 0 Å². The molecule has 0 aromatic heterocycles. The fourth-order valence-electron chi connectivity index (χ4n) is 4.55. The largest absolute Gasteiger partial charge is 0.372 e. The van der Waals surface area contributed by atoms with Gasteiger partial charge >= 0.3 is 0 Å². The minimum atomic E-state index is -0.688. The van der Waals surface area contributed by atoms with Crippen LogP contribution in [0.3, 0.4) is 0 Å². The lowest BCUT2D eigenvalue weighted by molar-refractivity contribution is -0.0621. The highest BCUT2D eigenvalue weighted by molar-refractivity contribution is 5.47. The zero-order valence-corrected chi connectivity index (χ0v) is 17.6. The van der Waals surface area contributed by atoms with Crippen molar-refractivity contribution in [1.29, 1.82) is 0 Å². The number of benzene rings is 3. The molecule has 4 rings (SSSR count). The molecule has 1 aliphatic heterocycles. The van der Waals surface area contributed by atoms with Gasteiger partial charge in [0.1, 0.15) is 5.60 Å². The van der Waals surface area contributed by atoms with Gasteiger partial charge < -0.3 is 9.47 Å². The molecule has 1 saturated heterocycles. The summed E-state index contributed by atoms with van der Waals surface area (Å²) in [6, 6.07) is 31.5. The number of hydrogen-bond acceptors (Lipinski definition) is 2. The quantitative estimate of drug-likeness (QED) is 0.324. The molecule has 0 aliphatic carbocycles. The first-order valence-electron chi connectivity index (χ1n) is 10.8. The Labute approximate surface area is 180 Å². The van der Waals surface area contributed by atoms with Crippen LogP contribution in [0.1, 0.15) is 36.5 Å². The van der Waals surface area contributed by atoms with Crippen LogP contribution in [0.2, 0.25) is 0 Å². The molecule has 1 aliphatic rings. The molecule has 2 heteroatoms. The van der Waals surface area contributed by atoms with E-state index in [2.05, 4.69) is 86.3 Å². The first-order chi connectivity index (χ1) is 14.7. The minimum Gasteiger partial charge on any atom is -0.372 e. The Balaban J connectivity index is 1.73. The second-order valence-corrected chi connectivity index (χ2v) is 8.12. The van der Waals surface area contributed by atoms with E-state index < -0.39 is 5.60 Å². The molecule has 3 atom stereocenters. The van der Waals surface area contributed by atoms with Crippen molar-refractivity contribution in [3.05, 3.63) is 120 Å². The molecular weight excluding hydrogens is 368 g/mol. The molecule has 154 valence electrons. The number of hydrogen-bond donors (Lipinski definition) is 0. The summed E-state index contributed by atoms with van der Waals surface area (Å²) in [6.45, 7) is 6.67. The van der Waals surface area contributed by atoms with Gasteiger partial charge in [-0.25, -0.2) is 0 Å². The van der Waals surface area contributed by atoms with E-state index in [1.165, 1.54) is 0 Å². The van der Waals surface area contributed by atoms with Crippen LogP contribution in [-0.2, 0) is 15.1 Å². The average molecular weight is 399 g/mol. The van der Waals surface area contributed by atoms with Gasteiger partial charge in [-0.05, 0) is 35.4 Å². The third kappa shape index (κ3) is 4.12. The Morgan fingerprint density at radius 1 is 0.867 bits per heavy atom. The molecule has 2 nitrogen and oxygen atoms in total. The summed E-state index contributed by atoms with van der Waals surface area (Å²) in [4.78, 5) is 0. The molecule has 0 N–H and O–H groups in total. The summed E-state index contributed by atoms with van der Waals surface area (Å²) >= 11 is 0. The van der Waals surface area contributed by atoms with E-state index in [1.54, 1.807) is 0 Å². The van der Waals surface area contributed by atoms with E-state index in [4.69, 9.17) is 9.47 Å². The van der Waals surface area contributed by atoms with Gasteiger partial charge in [-0.15, -0.1) is 6.58 Å². The molecule has 3 aromatic carbocycles. The fourth-order valence-corrected chi connectivity index (χ4v) is 4.55. The monoisotopic (exact) mass is 398 g/mol. The molecule has 30 heavy (non-hydrogen) atoms. The Bertz CT molecular complexity index is 824. The maximum atomic E-state index is 6.90. The summed E-state index contributed by atoms with van der Waals surface area (Å²) < 4.78 is 13.2. The van der Waals surface area contributed by atoms with E-state index >= 15 is 0 Å². The lowest BCUT2D eigenvalue weighted by atomic mass is 9.80. The Hall–Kier alpha value is -2.68. The smallest absolute Gasteiger partial charge is 0.143 e. The van der Waals surface area contributed by atoms with Crippen molar-refractivity contribution in [3.63, 3.8) is 0 Å². The maximum absolute atomic E-state index is 6.90. The summed E-state index contributed by atoms with van der Waals surface area (Å²) in [5.41, 5.74) is 2.68. The Kier molecular flexibility index (Phi) is 6.47. The first-order valence-corrected chi connectivity index (χ1v) is 10.8. The fraction of sp³-hybridized carbons (Fsp3) is 0.286. The maximum Gasteiger partial charge on any atom is 0.143 e. The van der Waals surface area contributed by atoms with Gasteiger partial charge in [-0.2, -0.15) is 0 Å². The predicted octanol–water partition coefficient (Wildman–Crippen LogP) is 6.36. The van der Waals surface area contributed by atoms with Gasteiger partial charge in [0.05, 0.1) is 18.8 Å². The van der Waals surface area contributed by atoms with Crippen LogP contribution in [0.4, 0.5) is 0 Å². The van der Waals surface area contributed by atoms with E-state index in [0.717, 1.165) is 29.5 Å². The van der Waals surface area contributed by atoms with E-state index in [0.29, 0.717) is 12.5 Å². The molecule has 1 heterocycles. The van der Waals surface area contributed by atoms with Gasteiger partial charge in [0, 0.05) is 0 Å². The second-order valence-electron chi connectivity index (χ2n) is 8.12. The van der Waals surface area contributed by atoms with Crippen molar-refractivity contribution < 1.29 is 9.47 Å².